The number of nitrogens with one attached hydrogen (secondary N) is 1. The van der Waals surface area contributed by atoms with Crippen molar-refractivity contribution in [1.82, 2.24) is 10.2 Å². The van der Waals surface area contributed by atoms with Crippen LogP contribution in [0.4, 0.5) is 0 Å². The smallest absolute Gasteiger partial charge is 0.251 e. The fraction of sp³-hybridized carbons (Fsp3) is 0.263. The maximum absolute atomic E-state index is 12.6. The van der Waals surface area contributed by atoms with E-state index in [0.29, 0.717) is 12.0 Å². The van der Waals surface area contributed by atoms with E-state index in [4.69, 9.17) is 0 Å². The second-order valence-electron chi connectivity index (χ2n) is 5.76. The van der Waals surface area contributed by atoms with Gasteiger partial charge in [-0.2, -0.15) is 0 Å². The van der Waals surface area contributed by atoms with Crippen molar-refractivity contribution in [2.75, 3.05) is 13.1 Å². The number of rotatable bonds is 5. The average Bonchev–Trinajstić information content (AvgIpc) is 2.54. The second-order valence-corrected chi connectivity index (χ2v) is 5.76. The SMILES string of the molecule is O=C(N[C@@H](Cc1ccccc1)C(=O)N1CCC1)c1ccccc1. The minimum atomic E-state index is -0.523. The maximum atomic E-state index is 12.6. The van der Waals surface area contributed by atoms with Gasteiger partial charge in [-0.15, -0.1) is 0 Å². The highest BCUT2D eigenvalue weighted by molar-refractivity contribution is 5.97. The number of nitrogens with zero attached hydrogens (tertiary/aromatic N) is 1. The monoisotopic (exact) mass is 308 g/mol. The molecule has 0 unspecified atom stereocenters. The van der Waals surface area contributed by atoms with Crippen LogP contribution in [0.1, 0.15) is 22.3 Å². The molecule has 23 heavy (non-hydrogen) atoms. The number of carbonyl (C=O) groups is 2. The molecule has 1 fully saturated rings. The molecule has 2 amide bonds. The zero-order valence-electron chi connectivity index (χ0n) is 12.9. The van der Waals surface area contributed by atoms with E-state index in [1.165, 1.54) is 0 Å². The molecular weight excluding hydrogens is 288 g/mol. The largest absolute Gasteiger partial charge is 0.341 e. The summed E-state index contributed by atoms with van der Waals surface area (Å²) in [6.45, 7) is 1.57. The molecule has 4 nitrogen and oxygen atoms in total. The predicted molar refractivity (Wildman–Crippen MR) is 89.0 cm³/mol. The van der Waals surface area contributed by atoms with Crippen LogP contribution in [0.5, 0.6) is 0 Å². The first-order valence-corrected chi connectivity index (χ1v) is 7.92. The molecule has 2 aromatic rings. The van der Waals surface area contributed by atoms with Gasteiger partial charge >= 0.3 is 0 Å². The van der Waals surface area contributed by atoms with Crippen LogP contribution in [-0.4, -0.2) is 35.8 Å². The van der Waals surface area contributed by atoms with Crippen molar-refractivity contribution in [1.29, 1.82) is 0 Å². The molecule has 0 spiro atoms. The van der Waals surface area contributed by atoms with E-state index in [2.05, 4.69) is 5.32 Å². The van der Waals surface area contributed by atoms with Crippen molar-refractivity contribution >= 4 is 11.8 Å². The molecular formula is C19H20N2O2. The molecule has 3 rings (SSSR count). The summed E-state index contributed by atoms with van der Waals surface area (Å²) in [6.07, 6.45) is 1.55. The van der Waals surface area contributed by atoms with Crippen molar-refractivity contribution < 1.29 is 9.59 Å². The molecule has 118 valence electrons. The van der Waals surface area contributed by atoms with E-state index in [9.17, 15) is 9.59 Å². The Morgan fingerprint density at radius 3 is 2.13 bits per heavy atom. The maximum Gasteiger partial charge on any atom is 0.251 e. The Kier molecular flexibility index (Phi) is 4.71. The zero-order valence-corrected chi connectivity index (χ0v) is 12.9. The lowest BCUT2D eigenvalue weighted by Gasteiger charge is -2.34. The summed E-state index contributed by atoms with van der Waals surface area (Å²) in [4.78, 5) is 26.8. The van der Waals surface area contributed by atoms with Gasteiger partial charge in [0.25, 0.3) is 5.91 Å². The standard InChI is InChI=1S/C19H20N2O2/c22-18(16-10-5-2-6-11-16)20-17(19(23)21-12-7-13-21)14-15-8-3-1-4-9-15/h1-6,8-11,17H,7,12-14H2,(H,20,22)/t17-/m0/s1. The molecule has 1 N–H and O–H groups in total. The minimum absolute atomic E-state index is 0.00406. The molecule has 1 heterocycles. The van der Waals surface area contributed by atoms with Crippen LogP contribution in [0.25, 0.3) is 0 Å². The minimum Gasteiger partial charge on any atom is -0.341 e. The summed E-state index contributed by atoms with van der Waals surface area (Å²) in [5.74, 6) is -0.204. The van der Waals surface area contributed by atoms with Crippen molar-refractivity contribution in [3.63, 3.8) is 0 Å². The van der Waals surface area contributed by atoms with Gasteiger partial charge in [0.15, 0.2) is 0 Å². The lowest BCUT2D eigenvalue weighted by Crippen LogP contribution is -2.53. The Labute approximate surface area is 136 Å². The lowest BCUT2D eigenvalue weighted by atomic mass is 10.0. The van der Waals surface area contributed by atoms with Crippen LogP contribution in [0, 0.1) is 0 Å². The van der Waals surface area contributed by atoms with Gasteiger partial charge in [-0.3, -0.25) is 9.59 Å². The summed E-state index contributed by atoms with van der Waals surface area (Å²) < 4.78 is 0. The normalized spacial score (nSPS) is 14.7. The van der Waals surface area contributed by atoms with Gasteiger partial charge in [0, 0.05) is 25.1 Å². The van der Waals surface area contributed by atoms with E-state index in [1.54, 1.807) is 17.0 Å². The highest BCUT2D eigenvalue weighted by Gasteiger charge is 2.29. The number of hydrogen-bond acceptors (Lipinski definition) is 2. The molecule has 1 aliphatic rings. The molecule has 0 bridgehead atoms. The van der Waals surface area contributed by atoms with Gasteiger partial charge in [0.2, 0.25) is 5.91 Å². The van der Waals surface area contributed by atoms with Crippen molar-refractivity contribution in [3.8, 4) is 0 Å². The van der Waals surface area contributed by atoms with Crippen LogP contribution in [0.3, 0.4) is 0 Å². The van der Waals surface area contributed by atoms with Crippen LogP contribution >= 0.6 is 0 Å². The third-order valence-electron chi connectivity index (χ3n) is 4.09. The highest BCUT2D eigenvalue weighted by atomic mass is 16.2. The summed E-state index contributed by atoms with van der Waals surface area (Å²) >= 11 is 0. The van der Waals surface area contributed by atoms with E-state index >= 15 is 0 Å². The quantitative estimate of drug-likeness (QED) is 0.921. The number of likely N-dealkylation sites (tertiary alicyclic amines) is 1. The van der Waals surface area contributed by atoms with E-state index < -0.39 is 6.04 Å². The lowest BCUT2D eigenvalue weighted by molar-refractivity contribution is -0.136. The third-order valence-corrected chi connectivity index (χ3v) is 4.09. The fourth-order valence-electron chi connectivity index (χ4n) is 2.64. The summed E-state index contributed by atoms with van der Waals surface area (Å²) in [6, 6.07) is 18.3. The van der Waals surface area contributed by atoms with Crippen molar-refractivity contribution in [3.05, 3.63) is 71.8 Å². The van der Waals surface area contributed by atoms with E-state index in [1.807, 2.05) is 48.5 Å². The average molecular weight is 308 g/mol. The Hall–Kier alpha value is -2.62. The molecule has 2 aromatic carbocycles. The third kappa shape index (κ3) is 3.77. The van der Waals surface area contributed by atoms with Crippen molar-refractivity contribution in [2.24, 2.45) is 0 Å². The van der Waals surface area contributed by atoms with Crippen molar-refractivity contribution in [2.45, 2.75) is 18.9 Å². The van der Waals surface area contributed by atoms with E-state index in [0.717, 1.165) is 25.1 Å². The molecule has 1 atom stereocenters. The highest BCUT2D eigenvalue weighted by Crippen LogP contribution is 2.12. The first-order valence-electron chi connectivity index (χ1n) is 7.92. The van der Waals surface area contributed by atoms with Gasteiger partial charge < -0.3 is 10.2 Å². The summed E-state index contributed by atoms with van der Waals surface area (Å²) in [7, 11) is 0. The first-order chi connectivity index (χ1) is 11.2. The van der Waals surface area contributed by atoms with Gasteiger partial charge in [0.05, 0.1) is 0 Å². The van der Waals surface area contributed by atoms with Crippen LogP contribution in [0.15, 0.2) is 60.7 Å². The van der Waals surface area contributed by atoms with Gasteiger partial charge in [-0.05, 0) is 24.1 Å². The second kappa shape index (κ2) is 7.09. The molecule has 0 aliphatic carbocycles. The van der Waals surface area contributed by atoms with Gasteiger partial charge in [0.1, 0.15) is 6.04 Å². The molecule has 4 heteroatoms. The zero-order chi connectivity index (χ0) is 16.1. The molecule has 0 saturated carbocycles. The molecule has 0 aromatic heterocycles. The number of hydrogen-bond donors (Lipinski definition) is 1. The molecule has 1 aliphatic heterocycles. The molecule has 0 radical (unpaired) electrons. The van der Waals surface area contributed by atoms with Gasteiger partial charge in [-0.1, -0.05) is 48.5 Å². The van der Waals surface area contributed by atoms with Crippen LogP contribution in [-0.2, 0) is 11.2 Å². The summed E-state index contributed by atoms with van der Waals surface area (Å²) in [5, 5.41) is 2.90. The Balaban J connectivity index is 1.74. The Morgan fingerprint density at radius 2 is 1.57 bits per heavy atom. The van der Waals surface area contributed by atoms with E-state index in [-0.39, 0.29) is 11.8 Å². The number of carbonyl (C=O) groups excluding carboxylic acids is 2. The summed E-state index contributed by atoms with van der Waals surface area (Å²) in [5.41, 5.74) is 1.61. The topological polar surface area (TPSA) is 49.4 Å². The molecule has 1 saturated heterocycles. The van der Waals surface area contributed by atoms with Crippen LogP contribution < -0.4 is 5.32 Å². The first kappa shape index (κ1) is 15.3. The number of amides is 2. The van der Waals surface area contributed by atoms with Gasteiger partial charge in [-0.25, -0.2) is 0 Å². The number of benzene rings is 2. The van der Waals surface area contributed by atoms with Crippen LogP contribution in [0.2, 0.25) is 0 Å². The Morgan fingerprint density at radius 1 is 0.957 bits per heavy atom. The predicted octanol–water partition coefficient (Wildman–Crippen LogP) is 2.26. The Bertz CT molecular complexity index is 666. The fourth-order valence-corrected chi connectivity index (χ4v) is 2.64.